The molecule has 1 aromatic heterocycles. The molecule has 1 N–H and O–H groups in total. The normalized spacial score (nSPS) is 12.2. The van der Waals surface area contributed by atoms with Crippen LogP contribution in [-0.2, 0) is 0 Å². The highest BCUT2D eigenvalue weighted by atomic mass is 16.5. The maximum Gasteiger partial charge on any atom is 0.218 e. The van der Waals surface area contributed by atoms with Crippen molar-refractivity contribution < 1.29 is 4.74 Å². The molecule has 0 amide bonds. The number of hydrogen-bond donors (Lipinski definition) is 1. The second-order valence-electron chi connectivity index (χ2n) is 3.92. The molecule has 1 aromatic rings. The summed E-state index contributed by atoms with van der Waals surface area (Å²) in [6.07, 6.45) is 4.82. The maximum absolute atomic E-state index is 5.45. The lowest BCUT2D eigenvalue weighted by molar-refractivity contribution is 0.305. The van der Waals surface area contributed by atoms with E-state index in [2.05, 4.69) is 36.1 Å². The summed E-state index contributed by atoms with van der Waals surface area (Å²) in [5.74, 6) is 1.48. The van der Waals surface area contributed by atoms with Gasteiger partial charge in [0.1, 0.15) is 12.1 Å². The number of rotatable bonds is 7. The van der Waals surface area contributed by atoms with E-state index >= 15 is 0 Å². The van der Waals surface area contributed by atoms with Crippen molar-refractivity contribution in [2.75, 3.05) is 11.9 Å². The highest BCUT2D eigenvalue weighted by Crippen LogP contribution is 2.13. The van der Waals surface area contributed by atoms with Crippen LogP contribution in [-0.4, -0.2) is 22.6 Å². The lowest BCUT2D eigenvalue weighted by Gasteiger charge is -2.13. The van der Waals surface area contributed by atoms with Gasteiger partial charge in [0.2, 0.25) is 5.88 Å². The summed E-state index contributed by atoms with van der Waals surface area (Å²) in [7, 11) is 0. The monoisotopic (exact) mass is 223 g/mol. The van der Waals surface area contributed by atoms with Crippen molar-refractivity contribution in [1.82, 2.24) is 9.97 Å². The van der Waals surface area contributed by atoms with E-state index in [9.17, 15) is 0 Å². The molecule has 4 nitrogen and oxygen atoms in total. The van der Waals surface area contributed by atoms with Crippen molar-refractivity contribution in [2.45, 2.75) is 46.1 Å². The smallest absolute Gasteiger partial charge is 0.218 e. The third-order valence-corrected chi connectivity index (χ3v) is 2.21. The van der Waals surface area contributed by atoms with Gasteiger partial charge in [-0.05, 0) is 19.8 Å². The van der Waals surface area contributed by atoms with Crippen molar-refractivity contribution in [3.63, 3.8) is 0 Å². The lowest BCUT2D eigenvalue weighted by Crippen LogP contribution is -2.15. The van der Waals surface area contributed by atoms with Crippen LogP contribution in [0.1, 0.15) is 40.0 Å². The third-order valence-electron chi connectivity index (χ3n) is 2.21. The first kappa shape index (κ1) is 12.7. The molecule has 0 spiro atoms. The zero-order valence-corrected chi connectivity index (χ0v) is 10.4. The summed E-state index contributed by atoms with van der Waals surface area (Å²) in [5.41, 5.74) is 0. The van der Waals surface area contributed by atoms with Gasteiger partial charge in [-0.25, -0.2) is 9.97 Å². The second kappa shape index (κ2) is 7.04. The van der Waals surface area contributed by atoms with Crippen molar-refractivity contribution in [1.29, 1.82) is 0 Å². The van der Waals surface area contributed by atoms with Gasteiger partial charge in [-0.3, -0.25) is 0 Å². The van der Waals surface area contributed by atoms with Crippen molar-refractivity contribution in [3.8, 4) is 5.88 Å². The summed E-state index contributed by atoms with van der Waals surface area (Å²) in [6.45, 7) is 7.09. The van der Waals surface area contributed by atoms with E-state index < -0.39 is 0 Å². The van der Waals surface area contributed by atoms with Gasteiger partial charge in [0.25, 0.3) is 0 Å². The average Bonchev–Trinajstić information content (AvgIpc) is 2.27. The Kier molecular flexibility index (Phi) is 5.61. The topological polar surface area (TPSA) is 47.0 Å². The van der Waals surface area contributed by atoms with E-state index in [1.807, 2.05) is 6.07 Å². The van der Waals surface area contributed by atoms with E-state index in [1.54, 1.807) is 0 Å². The standard InChI is InChI=1S/C12H21N3O/c1-4-6-10(3)15-11-8-12(14-9-13-11)16-7-5-2/h8-10H,4-7H2,1-3H3,(H,13,14,15). The van der Waals surface area contributed by atoms with Gasteiger partial charge in [0.05, 0.1) is 6.61 Å². The average molecular weight is 223 g/mol. The van der Waals surface area contributed by atoms with Crippen molar-refractivity contribution >= 4 is 5.82 Å². The Morgan fingerprint density at radius 3 is 2.81 bits per heavy atom. The Morgan fingerprint density at radius 2 is 2.12 bits per heavy atom. The van der Waals surface area contributed by atoms with Gasteiger partial charge in [-0.2, -0.15) is 0 Å². The molecule has 0 saturated carbocycles. The SMILES string of the molecule is CCCOc1cc(NC(C)CCC)ncn1. The van der Waals surface area contributed by atoms with Crippen LogP contribution >= 0.6 is 0 Å². The number of anilines is 1. The number of nitrogens with one attached hydrogen (secondary N) is 1. The first-order valence-corrected chi connectivity index (χ1v) is 5.97. The Morgan fingerprint density at radius 1 is 1.31 bits per heavy atom. The third kappa shape index (κ3) is 4.47. The fraction of sp³-hybridized carbons (Fsp3) is 0.667. The van der Waals surface area contributed by atoms with E-state index in [1.165, 1.54) is 12.7 Å². The molecule has 0 bridgehead atoms. The van der Waals surface area contributed by atoms with Crippen molar-refractivity contribution in [2.24, 2.45) is 0 Å². The molecular formula is C12H21N3O. The Balaban J connectivity index is 2.52. The van der Waals surface area contributed by atoms with E-state index in [-0.39, 0.29) is 0 Å². The first-order valence-electron chi connectivity index (χ1n) is 5.97. The van der Waals surface area contributed by atoms with Gasteiger partial charge in [-0.1, -0.05) is 20.3 Å². The van der Waals surface area contributed by atoms with E-state index in [4.69, 9.17) is 4.74 Å². The lowest BCUT2D eigenvalue weighted by atomic mass is 10.2. The highest BCUT2D eigenvalue weighted by Gasteiger charge is 2.03. The van der Waals surface area contributed by atoms with Gasteiger partial charge >= 0.3 is 0 Å². The number of hydrogen-bond acceptors (Lipinski definition) is 4. The van der Waals surface area contributed by atoms with Gasteiger partial charge < -0.3 is 10.1 Å². The fourth-order valence-electron chi connectivity index (χ4n) is 1.46. The molecule has 1 rings (SSSR count). The summed E-state index contributed by atoms with van der Waals surface area (Å²) < 4.78 is 5.45. The zero-order valence-electron chi connectivity index (χ0n) is 10.4. The molecule has 90 valence electrons. The molecule has 0 aromatic carbocycles. The number of nitrogens with zero attached hydrogens (tertiary/aromatic N) is 2. The van der Waals surface area contributed by atoms with Gasteiger partial charge in [-0.15, -0.1) is 0 Å². The quantitative estimate of drug-likeness (QED) is 0.772. The Labute approximate surface area is 97.5 Å². The second-order valence-corrected chi connectivity index (χ2v) is 3.92. The molecule has 0 aliphatic rings. The molecular weight excluding hydrogens is 202 g/mol. The molecule has 4 heteroatoms. The number of ether oxygens (including phenoxy) is 1. The molecule has 0 saturated heterocycles. The Bertz CT molecular complexity index is 304. The predicted octanol–water partition coefficient (Wildman–Crippen LogP) is 2.87. The molecule has 0 fully saturated rings. The predicted molar refractivity (Wildman–Crippen MR) is 65.8 cm³/mol. The minimum Gasteiger partial charge on any atom is -0.478 e. The molecule has 0 radical (unpaired) electrons. The van der Waals surface area contributed by atoms with Crippen molar-refractivity contribution in [3.05, 3.63) is 12.4 Å². The fourth-order valence-corrected chi connectivity index (χ4v) is 1.46. The van der Waals surface area contributed by atoms with Gasteiger partial charge in [0.15, 0.2) is 0 Å². The van der Waals surface area contributed by atoms with Crippen LogP contribution in [0.5, 0.6) is 5.88 Å². The summed E-state index contributed by atoms with van der Waals surface area (Å²) >= 11 is 0. The largest absolute Gasteiger partial charge is 0.478 e. The maximum atomic E-state index is 5.45. The highest BCUT2D eigenvalue weighted by molar-refractivity contribution is 5.37. The minimum absolute atomic E-state index is 0.430. The van der Waals surface area contributed by atoms with Crippen LogP contribution < -0.4 is 10.1 Å². The van der Waals surface area contributed by atoms with Crippen LogP contribution in [0.2, 0.25) is 0 Å². The first-order chi connectivity index (χ1) is 7.76. The summed E-state index contributed by atoms with van der Waals surface area (Å²) in [6, 6.07) is 2.28. The molecule has 16 heavy (non-hydrogen) atoms. The molecule has 1 unspecified atom stereocenters. The molecule has 1 heterocycles. The van der Waals surface area contributed by atoms with Crippen LogP contribution in [0, 0.1) is 0 Å². The van der Waals surface area contributed by atoms with Crippen LogP contribution in [0.15, 0.2) is 12.4 Å². The van der Waals surface area contributed by atoms with Crippen LogP contribution in [0.4, 0.5) is 5.82 Å². The summed E-state index contributed by atoms with van der Waals surface area (Å²) in [4.78, 5) is 8.22. The van der Waals surface area contributed by atoms with Crippen LogP contribution in [0.3, 0.4) is 0 Å². The minimum atomic E-state index is 0.430. The van der Waals surface area contributed by atoms with E-state index in [0.29, 0.717) is 18.5 Å². The summed E-state index contributed by atoms with van der Waals surface area (Å²) in [5, 5.41) is 3.33. The molecule has 1 atom stereocenters. The number of aromatic nitrogens is 2. The Hall–Kier alpha value is -1.32. The van der Waals surface area contributed by atoms with Gasteiger partial charge in [0, 0.05) is 12.1 Å². The van der Waals surface area contributed by atoms with Crippen LogP contribution in [0.25, 0.3) is 0 Å². The molecule has 0 aliphatic heterocycles. The zero-order chi connectivity index (χ0) is 11.8. The molecule has 0 aliphatic carbocycles. The van der Waals surface area contributed by atoms with E-state index in [0.717, 1.165) is 18.7 Å².